The Morgan fingerprint density at radius 2 is 1.67 bits per heavy atom. The topological polar surface area (TPSA) is 96.9 Å². The molecule has 0 radical (unpaired) electrons. The molecule has 3 N–H and O–H groups in total. The third-order valence-corrected chi connectivity index (χ3v) is 4.13. The van der Waals surface area contributed by atoms with Crippen molar-refractivity contribution in [1.29, 1.82) is 0 Å². The van der Waals surface area contributed by atoms with Crippen LogP contribution < -0.4 is 20.3 Å². The van der Waals surface area contributed by atoms with Crippen molar-refractivity contribution in [3.63, 3.8) is 0 Å². The second-order valence-electron chi connectivity index (χ2n) is 6.13. The van der Waals surface area contributed by atoms with E-state index in [4.69, 9.17) is 14.7 Å². The molecule has 2 amide bonds. The Hall–Kier alpha value is -4.10. The van der Waals surface area contributed by atoms with Crippen LogP contribution in [0.4, 0.5) is 5.69 Å². The number of rotatable bonds is 7. The molecular formula is C23H20N2O5. The summed E-state index contributed by atoms with van der Waals surface area (Å²) in [5, 5.41) is 11.4. The van der Waals surface area contributed by atoms with Gasteiger partial charge < -0.3 is 14.8 Å². The van der Waals surface area contributed by atoms with Gasteiger partial charge in [0.2, 0.25) is 0 Å². The predicted octanol–water partition coefficient (Wildman–Crippen LogP) is 4.26. The first kappa shape index (κ1) is 20.6. The van der Waals surface area contributed by atoms with Gasteiger partial charge in [0.25, 0.3) is 11.8 Å². The van der Waals surface area contributed by atoms with Gasteiger partial charge in [-0.05, 0) is 42.0 Å². The van der Waals surface area contributed by atoms with Crippen LogP contribution in [0.5, 0.6) is 17.2 Å². The van der Waals surface area contributed by atoms with Crippen LogP contribution in [-0.4, -0.2) is 24.1 Å². The van der Waals surface area contributed by atoms with Gasteiger partial charge in [0.05, 0.1) is 12.7 Å². The fourth-order valence-corrected chi connectivity index (χ4v) is 2.68. The van der Waals surface area contributed by atoms with Crippen molar-refractivity contribution in [1.82, 2.24) is 5.48 Å². The number of anilines is 1. The minimum Gasteiger partial charge on any atom is -0.497 e. The summed E-state index contributed by atoms with van der Waals surface area (Å²) >= 11 is 0. The van der Waals surface area contributed by atoms with Gasteiger partial charge in [-0.3, -0.25) is 14.8 Å². The Kier molecular flexibility index (Phi) is 6.81. The number of ether oxygens (including phenoxy) is 2. The van der Waals surface area contributed by atoms with Crippen molar-refractivity contribution in [2.45, 2.75) is 0 Å². The first-order chi connectivity index (χ1) is 14.6. The predicted molar refractivity (Wildman–Crippen MR) is 113 cm³/mol. The van der Waals surface area contributed by atoms with E-state index >= 15 is 0 Å². The standard InChI is InChI=1S/C23H20N2O5/c1-29-17-8-6-9-18(15-17)30-21-12-5-3-10-19(21)23(27)24-20-11-4-2-7-16(20)13-14-22(26)25-28/h2-15,28H,1H3,(H,24,27)(H,25,26)/b14-13+. The summed E-state index contributed by atoms with van der Waals surface area (Å²) in [5.74, 6) is 0.514. The molecule has 152 valence electrons. The molecule has 7 heteroatoms. The molecule has 0 aromatic heterocycles. The smallest absolute Gasteiger partial charge is 0.267 e. The van der Waals surface area contributed by atoms with Crippen molar-refractivity contribution in [3.8, 4) is 17.2 Å². The number of carbonyl (C=O) groups is 2. The monoisotopic (exact) mass is 404 g/mol. The van der Waals surface area contributed by atoms with Crippen molar-refractivity contribution in [2.24, 2.45) is 0 Å². The molecule has 3 rings (SSSR count). The second kappa shape index (κ2) is 9.90. The summed E-state index contributed by atoms with van der Waals surface area (Å²) in [4.78, 5) is 24.2. The highest BCUT2D eigenvalue weighted by atomic mass is 16.5. The van der Waals surface area contributed by atoms with E-state index in [0.717, 1.165) is 6.08 Å². The van der Waals surface area contributed by atoms with Crippen LogP contribution in [0, 0.1) is 0 Å². The largest absolute Gasteiger partial charge is 0.497 e. The Labute approximate surface area is 173 Å². The fourth-order valence-electron chi connectivity index (χ4n) is 2.68. The van der Waals surface area contributed by atoms with Gasteiger partial charge in [0.15, 0.2) is 0 Å². The molecule has 30 heavy (non-hydrogen) atoms. The molecule has 3 aromatic rings. The number of para-hydroxylation sites is 2. The van der Waals surface area contributed by atoms with Crippen LogP contribution in [0.1, 0.15) is 15.9 Å². The zero-order valence-corrected chi connectivity index (χ0v) is 16.2. The minimum absolute atomic E-state index is 0.340. The van der Waals surface area contributed by atoms with Crippen molar-refractivity contribution in [2.75, 3.05) is 12.4 Å². The van der Waals surface area contributed by atoms with Gasteiger partial charge in [-0.15, -0.1) is 0 Å². The van der Waals surface area contributed by atoms with Crippen LogP contribution in [0.25, 0.3) is 6.08 Å². The first-order valence-corrected chi connectivity index (χ1v) is 9.04. The Morgan fingerprint density at radius 1 is 0.933 bits per heavy atom. The minimum atomic E-state index is -0.673. The molecule has 0 atom stereocenters. The highest BCUT2D eigenvalue weighted by Crippen LogP contribution is 2.29. The molecule has 0 heterocycles. The fraction of sp³-hybridized carbons (Fsp3) is 0.0435. The van der Waals surface area contributed by atoms with Crippen molar-refractivity contribution in [3.05, 3.63) is 90.0 Å². The molecule has 0 unspecified atom stereocenters. The van der Waals surface area contributed by atoms with E-state index in [2.05, 4.69) is 5.32 Å². The summed E-state index contributed by atoms with van der Waals surface area (Å²) in [7, 11) is 1.57. The van der Waals surface area contributed by atoms with Crippen molar-refractivity contribution >= 4 is 23.6 Å². The van der Waals surface area contributed by atoms with E-state index in [-0.39, 0.29) is 5.91 Å². The van der Waals surface area contributed by atoms with E-state index in [0.29, 0.717) is 34.1 Å². The lowest BCUT2D eigenvalue weighted by Crippen LogP contribution is -2.15. The summed E-state index contributed by atoms with van der Waals surface area (Å²) in [6.45, 7) is 0. The van der Waals surface area contributed by atoms with Gasteiger partial charge in [0, 0.05) is 17.8 Å². The molecule has 0 aliphatic rings. The summed E-state index contributed by atoms with van der Waals surface area (Å²) in [5.41, 5.74) is 2.96. The number of benzene rings is 3. The summed E-state index contributed by atoms with van der Waals surface area (Å²) in [6.07, 6.45) is 2.64. The van der Waals surface area contributed by atoms with Gasteiger partial charge in [-0.25, -0.2) is 5.48 Å². The maximum absolute atomic E-state index is 12.9. The maximum atomic E-state index is 12.9. The number of nitrogens with one attached hydrogen (secondary N) is 2. The van der Waals surface area contributed by atoms with E-state index in [1.165, 1.54) is 11.6 Å². The van der Waals surface area contributed by atoms with Gasteiger partial charge in [-0.2, -0.15) is 0 Å². The highest BCUT2D eigenvalue weighted by molar-refractivity contribution is 6.07. The van der Waals surface area contributed by atoms with Crippen LogP contribution in [0.3, 0.4) is 0 Å². The third kappa shape index (κ3) is 5.24. The SMILES string of the molecule is COc1cccc(Oc2ccccc2C(=O)Nc2ccccc2/C=C/C(=O)NO)c1. The van der Waals surface area contributed by atoms with Gasteiger partial charge in [-0.1, -0.05) is 36.4 Å². The Bertz CT molecular complexity index is 1080. The molecule has 7 nitrogen and oxygen atoms in total. The van der Waals surface area contributed by atoms with Crippen LogP contribution >= 0.6 is 0 Å². The lowest BCUT2D eigenvalue weighted by molar-refractivity contribution is -0.124. The lowest BCUT2D eigenvalue weighted by Gasteiger charge is -2.13. The normalized spacial score (nSPS) is 10.5. The van der Waals surface area contributed by atoms with Gasteiger partial charge >= 0.3 is 0 Å². The maximum Gasteiger partial charge on any atom is 0.267 e. The molecular weight excluding hydrogens is 384 g/mol. The van der Waals surface area contributed by atoms with Crippen LogP contribution in [-0.2, 0) is 4.79 Å². The van der Waals surface area contributed by atoms with Gasteiger partial charge in [0.1, 0.15) is 17.2 Å². The molecule has 0 aliphatic heterocycles. The number of hydroxylamine groups is 1. The average Bonchev–Trinajstić information content (AvgIpc) is 2.78. The quantitative estimate of drug-likeness (QED) is 0.311. The molecule has 0 bridgehead atoms. The van der Waals surface area contributed by atoms with E-state index < -0.39 is 5.91 Å². The van der Waals surface area contributed by atoms with Crippen LogP contribution in [0.15, 0.2) is 78.9 Å². The molecule has 0 aliphatic carbocycles. The third-order valence-electron chi connectivity index (χ3n) is 4.13. The zero-order valence-electron chi connectivity index (χ0n) is 16.2. The molecule has 0 saturated carbocycles. The van der Waals surface area contributed by atoms with E-state index in [9.17, 15) is 9.59 Å². The highest BCUT2D eigenvalue weighted by Gasteiger charge is 2.14. The molecule has 0 saturated heterocycles. The Balaban J connectivity index is 1.83. The van der Waals surface area contributed by atoms with E-state index in [1.807, 2.05) is 0 Å². The average molecular weight is 404 g/mol. The number of hydrogen-bond donors (Lipinski definition) is 3. The first-order valence-electron chi connectivity index (χ1n) is 9.04. The molecule has 3 aromatic carbocycles. The number of amides is 2. The number of methoxy groups -OCH3 is 1. The van der Waals surface area contributed by atoms with Crippen molar-refractivity contribution < 1.29 is 24.3 Å². The number of carbonyl (C=O) groups excluding carboxylic acids is 2. The second-order valence-corrected chi connectivity index (χ2v) is 6.13. The number of hydrogen-bond acceptors (Lipinski definition) is 5. The molecule has 0 fully saturated rings. The van der Waals surface area contributed by atoms with E-state index in [1.54, 1.807) is 79.9 Å². The zero-order chi connectivity index (χ0) is 21.3. The Morgan fingerprint density at radius 3 is 2.47 bits per heavy atom. The van der Waals surface area contributed by atoms with Crippen LogP contribution in [0.2, 0.25) is 0 Å². The lowest BCUT2D eigenvalue weighted by atomic mass is 10.1. The summed E-state index contributed by atoms with van der Waals surface area (Å²) < 4.78 is 11.1. The molecule has 0 spiro atoms. The summed E-state index contributed by atoms with van der Waals surface area (Å²) in [6, 6.07) is 20.9.